The number of nitrogens with zero attached hydrogens (tertiary/aromatic N) is 1. The van der Waals surface area contributed by atoms with Crippen LogP contribution in [0.1, 0.15) is 17.5 Å². The molecule has 0 spiro atoms. The van der Waals surface area contributed by atoms with E-state index >= 15 is 0 Å². The maximum Gasteiger partial charge on any atom is 0.250 e. The van der Waals surface area contributed by atoms with Crippen molar-refractivity contribution in [1.29, 1.82) is 5.41 Å². The zero-order chi connectivity index (χ0) is 22.3. The van der Waals surface area contributed by atoms with Crippen molar-refractivity contribution in [2.24, 2.45) is 5.73 Å². The maximum absolute atomic E-state index is 12.9. The molecule has 1 aromatic heterocycles. The van der Waals surface area contributed by atoms with E-state index in [4.69, 9.17) is 34.3 Å². The Hall–Kier alpha value is -2.17. The third kappa shape index (κ3) is 4.56. The summed E-state index contributed by atoms with van der Waals surface area (Å²) in [6, 6.07) is 10.9. The number of hydrogen-bond donors (Lipinski definition) is 3. The zero-order valence-electron chi connectivity index (χ0n) is 16.1. The molecule has 7 nitrogen and oxygen atoms in total. The second kappa shape index (κ2) is 8.40. The second-order valence-corrected chi connectivity index (χ2v) is 11.1. The SMILES string of the molecule is N=C(N)c1cccc(CN2CCC(NS(=O)(=O)c3cc4c(Cl)cc(Cl)cc4s3)C2=O)c1. The summed E-state index contributed by atoms with van der Waals surface area (Å²) < 4.78 is 29.1. The van der Waals surface area contributed by atoms with Crippen LogP contribution < -0.4 is 10.5 Å². The minimum atomic E-state index is -3.91. The number of carbonyl (C=O) groups excluding carboxylic acids is 1. The number of nitrogens with one attached hydrogen (secondary N) is 2. The van der Waals surface area contributed by atoms with Crippen molar-refractivity contribution in [2.45, 2.75) is 23.2 Å². The number of amides is 1. The highest BCUT2D eigenvalue weighted by Gasteiger charge is 2.35. The Balaban J connectivity index is 1.50. The zero-order valence-corrected chi connectivity index (χ0v) is 19.2. The van der Waals surface area contributed by atoms with Crippen molar-refractivity contribution in [3.05, 3.63) is 63.6 Å². The summed E-state index contributed by atoms with van der Waals surface area (Å²) in [6.45, 7) is 0.735. The van der Waals surface area contributed by atoms with Gasteiger partial charge in [0, 0.05) is 33.8 Å². The Morgan fingerprint density at radius 1 is 1.26 bits per heavy atom. The first-order valence-corrected chi connectivity index (χ1v) is 12.3. The second-order valence-electron chi connectivity index (χ2n) is 7.20. The van der Waals surface area contributed by atoms with Gasteiger partial charge in [-0.1, -0.05) is 41.4 Å². The lowest BCUT2D eigenvalue weighted by Crippen LogP contribution is -2.41. The normalized spacial score (nSPS) is 16.9. The number of hydrogen-bond acceptors (Lipinski definition) is 5. The van der Waals surface area contributed by atoms with Crippen LogP contribution in [0.4, 0.5) is 0 Å². The molecule has 3 aromatic rings. The number of halogens is 2. The van der Waals surface area contributed by atoms with Crippen molar-refractivity contribution in [2.75, 3.05) is 6.54 Å². The lowest BCUT2D eigenvalue weighted by molar-refractivity contribution is -0.129. The van der Waals surface area contributed by atoms with E-state index in [1.165, 1.54) is 6.07 Å². The molecular formula is C20H18Cl2N4O3S2. The highest BCUT2D eigenvalue weighted by Crippen LogP contribution is 2.36. The molecule has 4 N–H and O–H groups in total. The molecule has 4 rings (SSSR count). The summed E-state index contributed by atoms with van der Waals surface area (Å²) in [5.74, 6) is -0.344. The van der Waals surface area contributed by atoms with Crippen molar-refractivity contribution < 1.29 is 13.2 Å². The van der Waals surface area contributed by atoms with Gasteiger partial charge in [-0.25, -0.2) is 8.42 Å². The average Bonchev–Trinajstić information content (AvgIpc) is 3.28. The summed E-state index contributed by atoms with van der Waals surface area (Å²) in [5.41, 5.74) is 6.92. The molecule has 162 valence electrons. The van der Waals surface area contributed by atoms with E-state index in [0.29, 0.717) is 45.2 Å². The van der Waals surface area contributed by atoms with Gasteiger partial charge < -0.3 is 10.6 Å². The van der Waals surface area contributed by atoms with Gasteiger partial charge in [-0.15, -0.1) is 11.3 Å². The lowest BCUT2D eigenvalue weighted by Gasteiger charge is -2.17. The Bertz CT molecular complexity index is 1310. The van der Waals surface area contributed by atoms with Gasteiger partial charge >= 0.3 is 0 Å². The Morgan fingerprint density at radius 2 is 2.03 bits per heavy atom. The number of fused-ring (bicyclic) bond motifs is 1. The van der Waals surface area contributed by atoms with Gasteiger partial charge in [0.1, 0.15) is 16.1 Å². The first-order valence-electron chi connectivity index (χ1n) is 9.27. The maximum atomic E-state index is 12.9. The largest absolute Gasteiger partial charge is 0.384 e. The Morgan fingerprint density at radius 3 is 2.77 bits per heavy atom. The van der Waals surface area contributed by atoms with Gasteiger partial charge in [0.15, 0.2) is 0 Å². The standard InChI is InChI=1S/C20H18Cl2N4O3S2/c21-13-7-15(22)14-9-18(30-17(14)8-13)31(28,29)25-16-4-5-26(20(16)27)10-11-2-1-3-12(6-11)19(23)24/h1-3,6-9,16,25H,4-5,10H2,(H3,23,24). The molecule has 0 aliphatic carbocycles. The number of amidine groups is 1. The van der Waals surface area contributed by atoms with Crippen LogP contribution >= 0.6 is 34.5 Å². The Kier molecular flexibility index (Phi) is 5.97. The predicted molar refractivity (Wildman–Crippen MR) is 123 cm³/mol. The topological polar surface area (TPSA) is 116 Å². The van der Waals surface area contributed by atoms with Crippen molar-refractivity contribution in [1.82, 2.24) is 9.62 Å². The van der Waals surface area contributed by atoms with Gasteiger partial charge in [0.2, 0.25) is 5.91 Å². The van der Waals surface area contributed by atoms with E-state index in [0.717, 1.165) is 16.9 Å². The fraction of sp³-hybridized carbons (Fsp3) is 0.200. The molecule has 31 heavy (non-hydrogen) atoms. The Labute approximate surface area is 193 Å². The number of likely N-dealkylation sites (tertiary alicyclic amines) is 1. The molecule has 1 saturated heterocycles. The number of thiophene rings is 1. The number of carbonyl (C=O) groups is 1. The van der Waals surface area contributed by atoms with Crippen molar-refractivity contribution in [3.8, 4) is 0 Å². The van der Waals surface area contributed by atoms with Crippen LogP contribution in [-0.2, 0) is 21.4 Å². The van der Waals surface area contributed by atoms with E-state index in [1.54, 1.807) is 35.2 Å². The molecule has 1 unspecified atom stereocenters. The van der Waals surface area contributed by atoms with Gasteiger partial charge in [-0.3, -0.25) is 10.2 Å². The number of sulfonamides is 1. The molecule has 1 atom stereocenters. The van der Waals surface area contributed by atoms with Crippen molar-refractivity contribution >= 4 is 66.4 Å². The third-order valence-corrected chi connectivity index (χ3v) is 8.56. The summed E-state index contributed by atoms with van der Waals surface area (Å²) in [4.78, 5) is 14.4. The van der Waals surface area contributed by atoms with E-state index < -0.39 is 16.1 Å². The first kappa shape index (κ1) is 22.0. The lowest BCUT2D eigenvalue weighted by atomic mass is 10.1. The fourth-order valence-electron chi connectivity index (χ4n) is 3.48. The molecule has 0 radical (unpaired) electrons. The van der Waals surface area contributed by atoms with Crippen molar-refractivity contribution in [3.63, 3.8) is 0 Å². The summed E-state index contributed by atoms with van der Waals surface area (Å²) in [5, 5.41) is 8.93. The van der Waals surface area contributed by atoms with E-state index in [2.05, 4.69) is 4.72 Å². The third-order valence-electron chi connectivity index (χ3n) is 5.00. The minimum Gasteiger partial charge on any atom is -0.384 e. The summed E-state index contributed by atoms with van der Waals surface area (Å²) >= 11 is 13.2. The summed E-state index contributed by atoms with van der Waals surface area (Å²) in [7, 11) is -3.91. The smallest absolute Gasteiger partial charge is 0.250 e. The van der Waals surface area contributed by atoms with Gasteiger partial charge in [0.25, 0.3) is 10.0 Å². The van der Waals surface area contributed by atoms with Crippen LogP contribution in [0.2, 0.25) is 10.0 Å². The predicted octanol–water partition coefficient (Wildman–Crippen LogP) is 3.57. The molecule has 1 aliphatic rings. The van der Waals surface area contributed by atoms with E-state index in [9.17, 15) is 13.2 Å². The highest BCUT2D eigenvalue weighted by atomic mass is 35.5. The van der Waals surface area contributed by atoms with Crippen LogP contribution in [0.3, 0.4) is 0 Å². The van der Waals surface area contributed by atoms with Crippen LogP contribution in [0.25, 0.3) is 10.1 Å². The van der Waals surface area contributed by atoms with Crippen LogP contribution in [-0.4, -0.2) is 37.6 Å². The van der Waals surface area contributed by atoms with Gasteiger partial charge in [-0.05, 0) is 36.2 Å². The molecule has 2 heterocycles. The number of nitrogens with two attached hydrogens (primary N) is 1. The molecule has 2 aromatic carbocycles. The highest BCUT2D eigenvalue weighted by molar-refractivity contribution is 7.91. The molecule has 1 fully saturated rings. The van der Waals surface area contributed by atoms with E-state index in [-0.39, 0.29) is 16.0 Å². The number of nitrogen functional groups attached to an aromatic ring is 1. The first-order chi connectivity index (χ1) is 14.6. The van der Waals surface area contributed by atoms with Gasteiger partial charge in [-0.2, -0.15) is 4.72 Å². The molecule has 0 saturated carbocycles. The fourth-order valence-corrected chi connectivity index (χ4v) is 6.84. The quantitative estimate of drug-likeness (QED) is 0.357. The molecule has 1 aliphatic heterocycles. The molecule has 0 bridgehead atoms. The van der Waals surface area contributed by atoms with Crippen LogP contribution in [0.15, 0.2) is 46.7 Å². The average molecular weight is 497 g/mol. The molecule has 11 heteroatoms. The van der Waals surface area contributed by atoms with Crippen LogP contribution in [0, 0.1) is 5.41 Å². The summed E-state index contributed by atoms with van der Waals surface area (Å²) in [6.07, 6.45) is 0.363. The van der Waals surface area contributed by atoms with E-state index in [1.807, 2.05) is 6.07 Å². The number of rotatable bonds is 6. The van der Waals surface area contributed by atoms with Gasteiger partial charge in [0.05, 0.1) is 5.02 Å². The van der Waals surface area contributed by atoms with Crippen LogP contribution in [0.5, 0.6) is 0 Å². The monoisotopic (exact) mass is 496 g/mol. The minimum absolute atomic E-state index is 0.0510. The number of benzene rings is 2. The molecule has 1 amide bonds. The molecular weight excluding hydrogens is 479 g/mol.